The first-order valence-electron chi connectivity index (χ1n) is 9.29. The lowest BCUT2D eigenvalue weighted by Gasteiger charge is -2.20. The van der Waals surface area contributed by atoms with E-state index in [-0.39, 0.29) is 16.7 Å². The molecule has 166 valence electrons. The molecular weight excluding hydrogens is 440 g/mol. The average Bonchev–Trinajstić information content (AvgIpc) is 3.39. The maximum Gasteiger partial charge on any atom is 0.251 e. The van der Waals surface area contributed by atoms with Crippen LogP contribution in [-0.2, 0) is 28.4 Å². The summed E-state index contributed by atoms with van der Waals surface area (Å²) in [5.74, 6) is 1.38. The van der Waals surface area contributed by atoms with Gasteiger partial charge >= 0.3 is 0 Å². The highest BCUT2D eigenvalue weighted by Gasteiger charge is 2.28. The molecule has 0 radical (unpaired) electrons. The molecule has 1 amide bonds. The van der Waals surface area contributed by atoms with Crippen LogP contribution in [0.4, 0.5) is 0 Å². The van der Waals surface area contributed by atoms with Crippen molar-refractivity contribution >= 4 is 27.3 Å². The molecule has 2 heterocycles. The van der Waals surface area contributed by atoms with E-state index in [4.69, 9.17) is 9.47 Å². The van der Waals surface area contributed by atoms with Crippen molar-refractivity contribution in [2.45, 2.75) is 23.7 Å². The highest BCUT2D eigenvalue weighted by molar-refractivity contribution is 7.91. The maximum absolute atomic E-state index is 13.2. The van der Waals surface area contributed by atoms with Crippen LogP contribution in [0.5, 0.6) is 11.5 Å². The van der Waals surface area contributed by atoms with Crippen LogP contribution in [-0.4, -0.2) is 38.1 Å². The Kier molecular flexibility index (Phi) is 6.98. The Morgan fingerprint density at radius 1 is 1.19 bits per heavy atom. The lowest BCUT2D eigenvalue weighted by atomic mass is 10.1. The zero-order valence-corrected chi connectivity index (χ0v) is 19.2. The maximum atomic E-state index is 13.2. The summed E-state index contributed by atoms with van der Waals surface area (Å²) in [6.45, 7) is 1.68. The quantitative estimate of drug-likeness (QED) is 0.502. The number of nitrogens with one attached hydrogen (secondary N) is 2. The van der Waals surface area contributed by atoms with Crippen LogP contribution in [0.2, 0.25) is 0 Å². The Morgan fingerprint density at radius 2 is 1.87 bits per heavy atom. The molecule has 0 aliphatic heterocycles. The molecule has 0 saturated heterocycles. The van der Waals surface area contributed by atoms with Crippen molar-refractivity contribution in [3.05, 3.63) is 59.0 Å². The number of imidazole rings is 1. The number of sulfonamides is 1. The van der Waals surface area contributed by atoms with Gasteiger partial charge in [-0.1, -0.05) is 0 Å². The fourth-order valence-corrected chi connectivity index (χ4v) is 5.44. The van der Waals surface area contributed by atoms with E-state index in [1.165, 1.54) is 27.2 Å². The smallest absolute Gasteiger partial charge is 0.251 e. The number of thiophene rings is 1. The predicted octanol–water partition coefficient (Wildman–Crippen LogP) is 2.20. The van der Waals surface area contributed by atoms with Crippen molar-refractivity contribution in [1.82, 2.24) is 19.6 Å². The normalized spacial score (nSPS) is 12.4. The van der Waals surface area contributed by atoms with Gasteiger partial charge in [0.05, 0.1) is 20.8 Å². The molecule has 9 nitrogen and oxygen atoms in total. The largest absolute Gasteiger partial charge is 0.497 e. The van der Waals surface area contributed by atoms with Crippen LogP contribution in [0.1, 0.15) is 29.2 Å². The van der Waals surface area contributed by atoms with E-state index in [0.29, 0.717) is 22.9 Å². The minimum Gasteiger partial charge on any atom is -0.497 e. The molecule has 1 aromatic carbocycles. The SMILES string of the molecule is COc1cc(OC)cc(C(NS(=O)(=O)c2ccc(CNC(C)=O)s2)c2nccn2C)c1. The monoisotopic (exact) mass is 464 g/mol. The van der Waals surface area contributed by atoms with Gasteiger partial charge in [0.1, 0.15) is 27.6 Å². The number of carbonyl (C=O) groups is 1. The number of hydrogen-bond donors (Lipinski definition) is 2. The van der Waals surface area contributed by atoms with E-state index in [1.54, 1.807) is 48.3 Å². The fraction of sp³-hybridized carbons (Fsp3) is 0.300. The van der Waals surface area contributed by atoms with Gasteiger partial charge in [0.15, 0.2) is 0 Å². The van der Waals surface area contributed by atoms with Crippen molar-refractivity contribution in [2.75, 3.05) is 14.2 Å². The molecule has 3 aromatic rings. The number of carbonyl (C=O) groups excluding carboxylic acids is 1. The second-order valence-electron chi connectivity index (χ2n) is 6.73. The van der Waals surface area contributed by atoms with Crippen molar-refractivity contribution in [3.8, 4) is 11.5 Å². The van der Waals surface area contributed by atoms with Crippen LogP contribution >= 0.6 is 11.3 Å². The topological polar surface area (TPSA) is 112 Å². The standard InChI is InChI=1S/C20H24N4O5S2/c1-13(25)22-12-17-5-6-18(30-17)31(26,27)23-19(20-21-7-8-24(20)2)14-9-15(28-3)11-16(10-14)29-4/h5-11,19,23H,12H2,1-4H3,(H,22,25). The lowest BCUT2D eigenvalue weighted by molar-refractivity contribution is -0.119. The first-order chi connectivity index (χ1) is 14.7. The first kappa shape index (κ1) is 22.8. The minimum absolute atomic E-state index is 0.141. The molecule has 0 aliphatic rings. The molecule has 31 heavy (non-hydrogen) atoms. The van der Waals surface area contributed by atoms with Crippen LogP contribution < -0.4 is 19.5 Å². The summed E-state index contributed by atoms with van der Waals surface area (Å²) in [6.07, 6.45) is 3.34. The molecule has 2 aromatic heterocycles. The van der Waals surface area contributed by atoms with E-state index in [9.17, 15) is 13.2 Å². The third-order valence-electron chi connectivity index (χ3n) is 4.51. The number of hydrogen-bond acceptors (Lipinski definition) is 7. The van der Waals surface area contributed by atoms with Crippen LogP contribution in [0.3, 0.4) is 0 Å². The van der Waals surface area contributed by atoms with E-state index < -0.39 is 16.1 Å². The number of aryl methyl sites for hydroxylation is 1. The summed E-state index contributed by atoms with van der Waals surface area (Å²) in [4.78, 5) is 16.2. The number of amides is 1. The van der Waals surface area contributed by atoms with Crippen molar-refractivity contribution < 1.29 is 22.7 Å². The Labute approximate surface area is 185 Å². The van der Waals surface area contributed by atoms with E-state index in [0.717, 1.165) is 16.2 Å². The van der Waals surface area contributed by atoms with Gasteiger partial charge in [-0.25, -0.2) is 13.4 Å². The number of rotatable bonds is 9. The van der Waals surface area contributed by atoms with E-state index in [2.05, 4.69) is 15.0 Å². The molecule has 1 unspecified atom stereocenters. The molecule has 3 rings (SSSR count). The zero-order valence-electron chi connectivity index (χ0n) is 17.6. The van der Waals surface area contributed by atoms with Gasteiger partial charge in [-0.2, -0.15) is 4.72 Å². The Balaban J connectivity index is 1.98. The Hall–Kier alpha value is -2.89. The van der Waals surface area contributed by atoms with Gasteiger partial charge in [0.25, 0.3) is 10.0 Å². The van der Waals surface area contributed by atoms with E-state index in [1.807, 2.05) is 0 Å². The summed E-state index contributed by atoms with van der Waals surface area (Å²) in [5, 5.41) is 2.66. The molecule has 0 fully saturated rings. The third-order valence-corrected chi connectivity index (χ3v) is 7.51. The van der Waals surface area contributed by atoms with E-state index >= 15 is 0 Å². The van der Waals surface area contributed by atoms with Gasteiger partial charge in [0.2, 0.25) is 5.91 Å². The summed E-state index contributed by atoms with van der Waals surface area (Å²) in [6, 6.07) is 7.60. The zero-order chi connectivity index (χ0) is 22.6. The van der Waals surface area contributed by atoms with Gasteiger partial charge in [0, 0.05) is 37.3 Å². The molecule has 11 heteroatoms. The summed E-state index contributed by atoms with van der Waals surface area (Å²) in [7, 11) is 0.960. The van der Waals surface area contributed by atoms with Crippen LogP contribution in [0, 0.1) is 0 Å². The molecule has 2 N–H and O–H groups in total. The van der Waals surface area contributed by atoms with Crippen LogP contribution in [0.25, 0.3) is 0 Å². The van der Waals surface area contributed by atoms with Gasteiger partial charge in [-0.05, 0) is 29.8 Å². The fourth-order valence-electron chi connectivity index (χ4n) is 2.94. The minimum atomic E-state index is -3.89. The second kappa shape index (κ2) is 9.50. The third kappa shape index (κ3) is 5.43. The highest BCUT2D eigenvalue weighted by Crippen LogP contribution is 2.31. The van der Waals surface area contributed by atoms with Crippen LogP contribution in [0.15, 0.2) is 46.9 Å². The number of benzene rings is 1. The molecular formula is C20H24N4O5S2. The second-order valence-corrected chi connectivity index (χ2v) is 9.84. The Bertz CT molecular complexity index is 1150. The first-order valence-corrected chi connectivity index (χ1v) is 11.6. The van der Waals surface area contributed by atoms with Crippen molar-refractivity contribution in [3.63, 3.8) is 0 Å². The molecule has 0 aliphatic carbocycles. The van der Waals surface area contributed by atoms with Crippen molar-refractivity contribution in [2.24, 2.45) is 7.05 Å². The number of ether oxygens (including phenoxy) is 2. The number of nitrogens with zero attached hydrogens (tertiary/aromatic N) is 2. The number of methoxy groups -OCH3 is 2. The highest BCUT2D eigenvalue weighted by atomic mass is 32.2. The summed E-state index contributed by atoms with van der Waals surface area (Å²) < 4.78 is 41.7. The number of aromatic nitrogens is 2. The summed E-state index contributed by atoms with van der Waals surface area (Å²) >= 11 is 1.09. The van der Waals surface area contributed by atoms with Gasteiger partial charge < -0.3 is 19.4 Å². The molecule has 0 bridgehead atoms. The predicted molar refractivity (Wildman–Crippen MR) is 117 cm³/mol. The average molecular weight is 465 g/mol. The molecule has 0 spiro atoms. The Morgan fingerprint density at radius 3 is 2.42 bits per heavy atom. The summed E-state index contributed by atoms with van der Waals surface area (Å²) in [5.41, 5.74) is 0.615. The molecule has 0 saturated carbocycles. The van der Waals surface area contributed by atoms with Gasteiger partial charge in [-0.15, -0.1) is 11.3 Å². The lowest BCUT2D eigenvalue weighted by Crippen LogP contribution is -2.30. The van der Waals surface area contributed by atoms with Crippen molar-refractivity contribution in [1.29, 1.82) is 0 Å². The van der Waals surface area contributed by atoms with Gasteiger partial charge in [-0.3, -0.25) is 4.79 Å². The molecule has 1 atom stereocenters.